The largest absolute Gasteiger partial charge is 0.480 e. The van der Waals surface area contributed by atoms with Crippen molar-refractivity contribution in [3.8, 4) is 0 Å². The summed E-state index contributed by atoms with van der Waals surface area (Å²) < 4.78 is 5.02. The average Bonchev–Trinajstić information content (AvgIpc) is 2.12. The fourth-order valence-corrected chi connectivity index (χ4v) is 1.17. The van der Waals surface area contributed by atoms with Gasteiger partial charge in [0.15, 0.2) is 0 Å². The lowest BCUT2D eigenvalue weighted by Gasteiger charge is -2.27. The van der Waals surface area contributed by atoms with Crippen LogP contribution in [0.25, 0.3) is 0 Å². The zero-order valence-corrected chi connectivity index (χ0v) is 11.1. The molecule has 0 aliphatic rings. The van der Waals surface area contributed by atoms with Gasteiger partial charge in [0.25, 0.3) is 0 Å². The Bertz CT molecular complexity index is 286. The Morgan fingerprint density at radius 1 is 1.24 bits per heavy atom. The first kappa shape index (κ1) is 15.7. The van der Waals surface area contributed by atoms with Crippen LogP contribution in [0.4, 0.5) is 4.79 Å². The highest BCUT2D eigenvalue weighted by atomic mass is 16.6. The van der Waals surface area contributed by atoms with Crippen molar-refractivity contribution in [3.63, 3.8) is 0 Å². The standard InChI is InChI=1S/C11H22N2O4/c1-6-13-11(5,8(14)15)7-12-9(16)17-10(2,3)4/h13H,6-7H2,1-5H3,(H,12,16)(H,14,15)/t11-/m0/s1. The highest BCUT2D eigenvalue weighted by Crippen LogP contribution is 2.07. The molecule has 17 heavy (non-hydrogen) atoms. The monoisotopic (exact) mass is 246 g/mol. The second-order valence-corrected chi connectivity index (χ2v) is 5.02. The number of nitrogens with one attached hydrogen (secondary N) is 2. The molecule has 0 saturated heterocycles. The van der Waals surface area contributed by atoms with Crippen LogP contribution in [0.3, 0.4) is 0 Å². The second-order valence-electron chi connectivity index (χ2n) is 5.02. The molecule has 0 aromatic heterocycles. The van der Waals surface area contributed by atoms with Crippen molar-refractivity contribution in [1.82, 2.24) is 10.6 Å². The molecule has 0 aliphatic carbocycles. The molecule has 0 heterocycles. The van der Waals surface area contributed by atoms with Crippen molar-refractivity contribution in [2.24, 2.45) is 0 Å². The van der Waals surface area contributed by atoms with E-state index in [4.69, 9.17) is 9.84 Å². The molecule has 100 valence electrons. The molecule has 0 fully saturated rings. The van der Waals surface area contributed by atoms with Crippen LogP contribution in [0, 0.1) is 0 Å². The molecule has 6 heteroatoms. The lowest BCUT2D eigenvalue weighted by atomic mass is 10.0. The van der Waals surface area contributed by atoms with Gasteiger partial charge in [-0.05, 0) is 34.2 Å². The zero-order valence-electron chi connectivity index (χ0n) is 11.1. The number of carbonyl (C=O) groups excluding carboxylic acids is 1. The maximum atomic E-state index is 11.4. The molecule has 0 radical (unpaired) electrons. The third kappa shape index (κ3) is 6.11. The first-order valence-corrected chi connectivity index (χ1v) is 5.56. The summed E-state index contributed by atoms with van der Waals surface area (Å²) in [6.07, 6.45) is -0.622. The Morgan fingerprint density at radius 3 is 2.12 bits per heavy atom. The predicted molar refractivity (Wildman–Crippen MR) is 64.0 cm³/mol. The minimum absolute atomic E-state index is 0.0366. The van der Waals surface area contributed by atoms with Gasteiger partial charge in [-0.15, -0.1) is 0 Å². The lowest BCUT2D eigenvalue weighted by Crippen LogP contribution is -2.57. The first-order valence-electron chi connectivity index (χ1n) is 5.56. The highest BCUT2D eigenvalue weighted by Gasteiger charge is 2.33. The maximum Gasteiger partial charge on any atom is 0.407 e. The fourth-order valence-electron chi connectivity index (χ4n) is 1.17. The van der Waals surface area contributed by atoms with E-state index in [9.17, 15) is 9.59 Å². The zero-order chi connectivity index (χ0) is 13.7. The summed E-state index contributed by atoms with van der Waals surface area (Å²) in [6.45, 7) is 9.00. The third-order valence-corrected chi connectivity index (χ3v) is 2.02. The van der Waals surface area contributed by atoms with Crippen LogP contribution in [0.5, 0.6) is 0 Å². The second kappa shape index (κ2) is 5.86. The quantitative estimate of drug-likeness (QED) is 0.672. The Labute approximate surface area is 102 Å². The number of hydrogen-bond donors (Lipinski definition) is 3. The molecule has 0 saturated carbocycles. The van der Waals surface area contributed by atoms with E-state index in [2.05, 4.69) is 10.6 Å². The van der Waals surface area contributed by atoms with Crippen LogP contribution in [-0.4, -0.2) is 41.4 Å². The number of alkyl carbamates (subject to hydrolysis) is 1. The predicted octanol–water partition coefficient (Wildman–Crippen LogP) is 0.964. The van der Waals surface area contributed by atoms with Crippen molar-refractivity contribution in [1.29, 1.82) is 0 Å². The van der Waals surface area contributed by atoms with E-state index in [0.29, 0.717) is 6.54 Å². The maximum absolute atomic E-state index is 11.4. The minimum Gasteiger partial charge on any atom is -0.480 e. The van der Waals surface area contributed by atoms with Crippen molar-refractivity contribution < 1.29 is 19.4 Å². The molecule has 0 bridgehead atoms. The normalized spacial score (nSPS) is 14.9. The Balaban J connectivity index is 4.33. The minimum atomic E-state index is -1.19. The van der Waals surface area contributed by atoms with Crippen molar-refractivity contribution in [3.05, 3.63) is 0 Å². The van der Waals surface area contributed by atoms with E-state index < -0.39 is 23.2 Å². The molecule has 0 rings (SSSR count). The summed E-state index contributed by atoms with van der Waals surface area (Å²) in [5, 5.41) is 14.3. The van der Waals surface area contributed by atoms with Crippen LogP contribution in [-0.2, 0) is 9.53 Å². The molecule has 1 amide bonds. The number of hydrogen-bond acceptors (Lipinski definition) is 4. The van der Waals surface area contributed by atoms with Crippen LogP contribution in [0.1, 0.15) is 34.6 Å². The van der Waals surface area contributed by atoms with Gasteiger partial charge in [0.05, 0.1) is 0 Å². The number of carboxylic acid groups (broad SMARTS) is 1. The molecule has 0 spiro atoms. The van der Waals surface area contributed by atoms with E-state index in [0.717, 1.165) is 0 Å². The van der Waals surface area contributed by atoms with Gasteiger partial charge in [0.1, 0.15) is 11.1 Å². The summed E-state index contributed by atoms with van der Waals surface area (Å²) in [4.78, 5) is 22.4. The first-order chi connectivity index (χ1) is 7.60. The van der Waals surface area contributed by atoms with E-state index in [1.165, 1.54) is 6.92 Å². The van der Waals surface area contributed by atoms with E-state index in [-0.39, 0.29) is 6.54 Å². The number of aliphatic carboxylic acids is 1. The van der Waals surface area contributed by atoms with Crippen molar-refractivity contribution in [2.45, 2.75) is 45.8 Å². The van der Waals surface area contributed by atoms with Gasteiger partial charge in [-0.3, -0.25) is 4.79 Å². The molecule has 0 aromatic carbocycles. The van der Waals surface area contributed by atoms with Gasteiger partial charge >= 0.3 is 12.1 Å². The summed E-state index contributed by atoms with van der Waals surface area (Å²) >= 11 is 0. The van der Waals surface area contributed by atoms with Gasteiger partial charge < -0.3 is 20.5 Å². The average molecular weight is 246 g/mol. The number of carboxylic acids is 1. The number of amides is 1. The number of rotatable bonds is 5. The molecule has 3 N–H and O–H groups in total. The van der Waals surface area contributed by atoms with Gasteiger partial charge in [0.2, 0.25) is 0 Å². The summed E-state index contributed by atoms with van der Waals surface area (Å²) in [5.74, 6) is -1.02. The fraction of sp³-hybridized carbons (Fsp3) is 0.818. The number of carbonyl (C=O) groups is 2. The third-order valence-electron chi connectivity index (χ3n) is 2.02. The molecular weight excluding hydrogens is 224 g/mol. The molecule has 0 unspecified atom stereocenters. The van der Waals surface area contributed by atoms with Gasteiger partial charge in [-0.25, -0.2) is 4.79 Å². The topological polar surface area (TPSA) is 87.7 Å². The summed E-state index contributed by atoms with van der Waals surface area (Å²) in [7, 11) is 0. The smallest absolute Gasteiger partial charge is 0.407 e. The number of likely N-dealkylation sites (N-methyl/N-ethyl adjacent to an activating group) is 1. The molecule has 0 aromatic rings. The van der Waals surface area contributed by atoms with Crippen molar-refractivity contribution in [2.75, 3.05) is 13.1 Å². The van der Waals surface area contributed by atoms with Crippen molar-refractivity contribution >= 4 is 12.1 Å². The molecule has 0 aliphatic heterocycles. The van der Waals surface area contributed by atoms with Crippen LogP contribution < -0.4 is 10.6 Å². The number of ether oxygens (including phenoxy) is 1. The molecule has 1 atom stereocenters. The lowest BCUT2D eigenvalue weighted by molar-refractivity contribution is -0.143. The highest BCUT2D eigenvalue weighted by molar-refractivity contribution is 5.79. The Morgan fingerprint density at radius 2 is 1.76 bits per heavy atom. The van der Waals surface area contributed by atoms with E-state index in [1.807, 2.05) is 0 Å². The van der Waals surface area contributed by atoms with E-state index in [1.54, 1.807) is 27.7 Å². The summed E-state index contributed by atoms with van der Waals surface area (Å²) in [6, 6.07) is 0. The van der Waals surface area contributed by atoms with E-state index >= 15 is 0 Å². The van der Waals surface area contributed by atoms with Gasteiger partial charge in [0, 0.05) is 6.54 Å². The van der Waals surface area contributed by atoms with Crippen LogP contribution >= 0.6 is 0 Å². The summed E-state index contributed by atoms with van der Waals surface area (Å²) in [5.41, 5.74) is -1.78. The van der Waals surface area contributed by atoms with Crippen LogP contribution in [0.15, 0.2) is 0 Å². The van der Waals surface area contributed by atoms with Gasteiger partial charge in [-0.1, -0.05) is 6.92 Å². The molecule has 6 nitrogen and oxygen atoms in total. The Hall–Kier alpha value is -1.30. The Kier molecular flexibility index (Phi) is 5.41. The van der Waals surface area contributed by atoms with Gasteiger partial charge in [-0.2, -0.15) is 0 Å². The SMILES string of the molecule is CCN[C@@](C)(CNC(=O)OC(C)(C)C)C(=O)O. The van der Waals surface area contributed by atoms with Crippen LogP contribution in [0.2, 0.25) is 0 Å². The molecular formula is C11H22N2O4.